The number of hydrogen-bond acceptors (Lipinski definition) is 4. The number of likely N-dealkylation sites (tertiary alicyclic amines) is 1. The number of ether oxygens (including phenoxy) is 2. The van der Waals surface area contributed by atoms with Crippen molar-refractivity contribution in [2.75, 3.05) is 26.3 Å². The first-order chi connectivity index (χ1) is 10.6. The largest absolute Gasteiger partial charge is 0.378 e. The lowest BCUT2D eigenvalue weighted by molar-refractivity contribution is -0.152. The predicted molar refractivity (Wildman–Crippen MR) is 87.3 cm³/mol. The Morgan fingerprint density at radius 2 is 2.45 bits per heavy atom. The van der Waals surface area contributed by atoms with Gasteiger partial charge in [0.15, 0.2) is 0 Å². The average molecular weight is 323 g/mol. The monoisotopic (exact) mass is 323 g/mol. The molecule has 122 valence electrons. The molecule has 1 aromatic heterocycles. The fourth-order valence-electron chi connectivity index (χ4n) is 3.58. The van der Waals surface area contributed by atoms with Gasteiger partial charge < -0.3 is 14.4 Å². The fourth-order valence-corrected chi connectivity index (χ4v) is 4.21. The van der Waals surface area contributed by atoms with E-state index >= 15 is 0 Å². The van der Waals surface area contributed by atoms with Crippen molar-refractivity contribution in [1.29, 1.82) is 0 Å². The molecule has 1 aromatic rings. The molecule has 3 rings (SSSR count). The van der Waals surface area contributed by atoms with E-state index in [1.807, 2.05) is 21.7 Å². The van der Waals surface area contributed by atoms with E-state index in [2.05, 4.69) is 13.8 Å². The van der Waals surface area contributed by atoms with Gasteiger partial charge in [0.25, 0.3) is 5.91 Å². The van der Waals surface area contributed by atoms with E-state index < -0.39 is 0 Å². The summed E-state index contributed by atoms with van der Waals surface area (Å²) in [6.45, 7) is 7.18. The third kappa shape index (κ3) is 3.21. The van der Waals surface area contributed by atoms with Crippen LogP contribution in [0.5, 0.6) is 0 Å². The van der Waals surface area contributed by atoms with E-state index in [4.69, 9.17) is 9.47 Å². The van der Waals surface area contributed by atoms with Gasteiger partial charge in [0.1, 0.15) is 0 Å². The minimum atomic E-state index is -0.0353. The second-order valence-electron chi connectivity index (χ2n) is 6.71. The first-order valence-electron chi connectivity index (χ1n) is 8.15. The SMILES string of the molecule is CC(C)OC[C@@]12CCCO[C@@H]1CCN(C(=O)c1ccsc1)C2. The molecule has 0 aromatic carbocycles. The van der Waals surface area contributed by atoms with Crippen molar-refractivity contribution in [2.45, 2.75) is 45.3 Å². The number of amides is 1. The van der Waals surface area contributed by atoms with E-state index in [-0.39, 0.29) is 23.5 Å². The Morgan fingerprint density at radius 3 is 3.18 bits per heavy atom. The van der Waals surface area contributed by atoms with Gasteiger partial charge in [0.05, 0.1) is 24.4 Å². The summed E-state index contributed by atoms with van der Waals surface area (Å²) in [5, 5.41) is 3.89. The Hall–Kier alpha value is -0.910. The van der Waals surface area contributed by atoms with Gasteiger partial charge in [-0.3, -0.25) is 4.79 Å². The van der Waals surface area contributed by atoms with Crippen molar-refractivity contribution < 1.29 is 14.3 Å². The van der Waals surface area contributed by atoms with Crippen molar-refractivity contribution in [1.82, 2.24) is 4.90 Å². The normalized spacial score (nSPS) is 28.7. The summed E-state index contributed by atoms with van der Waals surface area (Å²) in [4.78, 5) is 14.7. The first kappa shape index (κ1) is 16.0. The van der Waals surface area contributed by atoms with E-state index in [9.17, 15) is 4.79 Å². The minimum Gasteiger partial charge on any atom is -0.378 e. The molecule has 0 saturated carbocycles. The van der Waals surface area contributed by atoms with E-state index in [1.165, 1.54) is 0 Å². The number of carbonyl (C=O) groups is 1. The molecular weight excluding hydrogens is 298 g/mol. The van der Waals surface area contributed by atoms with Crippen molar-refractivity contribution in [3.8, 4) is 0 Å². The van der Waals surface area contributed by atoms with Crippen molar-refractivity contribution >= 4 is 17.2 Å². The Balaban J connectivity index is 1.75. The maximum absolute atomic E-state index is 12.7. The van der Waals surface area contributed by atoms with Crippen LogP contribution in [-0.4, -0.2) is 49.3 Å². The third-order valence-corrected chi connectivity index (χ3v) is 5.43. The van der Waals surface area contributed by atoms with Crippen molar-refractivity contribution in [2.24, 2.45) is 5.41 Å². The molecular formula is C17H25NO3S. The highest BCUT2D eigenvalue weighted by molar-refractivity contribution is 7.08. The summed E-state index contributed by atoms with van der Waals surface area (Å²) in [7, 11) is 0. The van der Waals surface area contributed by atoms with Crippen molar-refractivity contribution in [3.63, 3.8) is 0 Å². The number of fused-ring (bicyclic) bond motifs is 1. The molecule has 0 aliphatic carbocycles. The van der Waals surface area contributed by atoms with Crippen LogP contribution in [0.25, 0.3) is 0 Å². The average Bonchev–Trinajstić information content (AvgIpc) is 3.06. The zero-order valence-electron chi connectivity index (χ0n) is 13.4. The smallest absolute Gasteiger partial charge is 0.254 e. The lowest BCUT2D eigenvalue weighted by Gasteiger charge is -2.50. The predicted octanol–water partition coefficient (Wildman–Crippen LogP) is 3.18. The zero-order chi connectivity index (χ0) is 15.6. The quantitative estimate of drug-likeness (QED) is 0.854. The van der Waals surface area contributed by atoms with E-state index in [0.717, 1.165) is 44.5 Å². The molecule has 2 atom stereocenters. The molecule has 2 saturated heterocycles. The Labute approximate surface area is 136 Å². The summed E-state index contributed by atoms with van der Waals surface area (Å²) in [6, 6.07) is 1.91. The molecule has 0 N–H and O–H groups in total. The number of rotatable bonds is 4. The highest BCUT2D eigenvalue weighted by atomic mass is 32.1. The molecule has 0 spiro atoms. The zero-order valence-corrected chi connectivity index (χ0v) is 14.2. The molecule has 0 unspecified atom stereocenters. The second-order valence-corrected chi connectivity index (χ2v) is 7.49. The number of thiophene rings is 1. The molecule has 0 bridgehead atoms. The number of carbonyl (C=O) groups excluding carboxylic acids is 1. The summed E-state index contributed by atoms with van der Waals surface area (Å²) < 4.78 is 12.0. The molecule has 2 aliphatic heterocycles. The molecule has 1 amide bonds. The molecule has 4 nitrogen and oxygen atoms in total. The summed E-state index contributed by atoms with van der Waals surface area (Å²) >= 11 is 1.57. The highest BCUT2D eigenvalue weighted by Crippen LogP contribution is 2.41. The Bertz CT molecular complexity index is 502. The summed E-state index contributed by atoms with van der Waals surface area (Å²) in [6.07, 6.45) is 3.49. The van der Waals surface area contributed by atoms with Crippen LogP contribution in [0.3, 0.4) is 0 Å². The summed E-state index contributed by atoms with van der Waals surface area (Å²) in [5.74, 6) is 0.147. The molecule has 3 heterocycles. The van der Waals surface area contributed by atoms with Gasteiger partial charge >= 0.3 is 0 Å². The topological polar surface area (TPSA) is 38.8 Å². The molecule has 2 aliphatic rings. The van der Waals surface area contributed by atoms with Crippen LogP contribution in [-0.2, 0) is 9.47 Å². The minimum absolute atomic E-state index is 0.0353. The highest BCUT2D eigenvalue weighted by Gasteiger charge is 2.47. The van der Waals surface area contributed by atoms with Crippen LogP contribution in [0.1, 0.15) is 43.5 Å². The number of nitrogens with zero attached hydrogens (tertiary/aromatic N) is 1. The lowest BCUT2D eigenvalue weighted by Crippen LogP contribution is -2.58. The van der Waals surface area contributed by atoms with Crippen LogP contribution < -0.4 is 0 Å². The molecule has 0 radical (unpaired) electrons. The van der Waals surface area contributed by atoms with Gasteiger partial charge in [-0.15, -0.1) is 0 Å². The fraction of sp³-hybridized carbons (Fsp3) is 0.706. The second kappa shape index (κ2) is 6.69. The van der Waals surface area contributed by atoms with Crippen LogP contribution in [0.4, 0.5) is 0 Å². The maximum Gasteiger partial charge on any atom is 0.254 e. The summed E-state index contributed by atoms with van der Waals surface area (Å²) in [5.41, 5.74) is 0.770. The Kier molecular flexibility index (Phi) is 4.85. The molecule has 22 heavy (non-hydrogen) atoms. The maximum atomic E-state index is 12.7. The first-order valence-corrected chi connectivity index (χ1v) is 9.10. The van der Waals surface area contributed by atoms with E-state index in [1.54, 1.807) is 11.3 Å². The van der Waals surface area contributed by atoms with Gasteiger partial charge in [-0.2, -0.15) is 11.3 Å². The van der Waals surface area contributed by atoms with E-state index in [0.29, 0.717) is 6.61 Å². The third-order valence-electron chi connectivity index (χ3n) is 4.75. The van der Waals surface area contributed by atoms with Gasteiger partial charge in [-0.25, -0.2) is 0 Å². The lowest BCUT2D eigenvalue weighted by atomic mass is 9.73. The van der Waals surface area contributed by atoms with Gasteiger partial charge in [0.2, 0.25) is 0 Å². The van der Waals surface area contributed by atoms with Gasteiger partial charge in [0, 0.05) is 30.5 Å². The van der Waals surface area contributed by atoms with Crippen LogP contribution in [0, 0.1) is 5.41 Å². The van der Waals surface area contributed by atoms with Crippen LogP contribution >= 0.6 is 11.3 Å². The number of piperidine rings is 1. The van der Waals surface area contributed by atoms with Crippen LogP contribution in [0.15, 0.2) is 16.8 Å². The molecule has 2 fully saturated rings. The van der Waals surface area contributed by atoms with Gasteiger partial charge in [-0.05, 0) is 44.6 Å². The van der Waals surface area contributed by atoms with Crippen LogP contribution in [0.2, 0.25) is 0 Å². The van der Waals surface area contributed by atoms with Crippen molar-refractivity contribution in [3.05, 3.63) is 22.4 Å². The van der Waals surface area contributed by atoms with Gasteiger partial charge in [-0.1, -0.05) is 0 Å². The number of hydrogen-bond donors (Lipinski definition) is 0. The standard InChI is InChI=1S/C17H25NO3S/c1-13(2)21-12-17-6-3-8-20-15(17)4-7-18(11-17)16(19)14-5-9-22-10-14/h5,9-10,13,15H,3-4,6-8,11-12H2,1-2H3/t15-,17+/m1/s1. The Morgan fingerprint density at radius 1 is 1.59 bits per heavy atom. The molecule has 5 heteroatoms.